The molecule has 0 amide bonds. The van der Waals surface area contributed by atoms with Gasteiger partial charge in [0.1, 0.15) is 6.54 Å². The molecule has 0 radical (unpaired) electrons. The first kappa shape index (κ1) is 12.7. The number of aromatic nitrogens is 5. The molecule has 7 nitrogen and oxygen atoms in total. The molecule has 0 saturated heterocycles. The second kappa shape index (κ2) is 6.25. The van der Waals surface area contributed by atoms with Gasteiger partial charge in [-0.25, -0.2) is 4.68 Å². The van der Waals surface area contributed by atoms with Gasteiger partial charge in [0.25, 0.3) is 0 Å². The van der Waals surface area contributed by atoms with Gasteiger partial charge in [-0.15, -0.1) is 5.10 Å². The lowest BCUT2D eigenvalue weighted by Crippen LogP contribution is -2.01. The third kappa shape index (κ3) is 3.36. The summed E-state index contributed by atoms with van der Waals surface area (Å²) in [7, 11) is 0. The van der Waals surface area contributed by atoms with Crippen LogP contribution in [0.25, 0.3) is 0 Å². The monoisotopic (exact) mass is 251 g/mol. The van der Waals surface area contributed by atoms with Gasteiger partial charge >= 0.3 is 0 Å². The van der Waals surface area contributed by atoms with Crippen molar-refractivity contribution in [1.82, 2.24) is 25.1 Å². The molecule has 2 rings (SSSR count). The molecule has 2 heterocycles. The summed E-state index contributed by atoms with van der Waals surface area (Å²) in [6, 6.07) is 0. The molecule has 0 spiro atoms. The van der Waals surface area contributed by atoms with E-state index in [4.69, 9.17) is 9.63 Å². The summed E-state index contributed by atoms with van der Waals surface area (Å²) in [5.74, 6) is 1.27. The number of hydrogen-bond acceptors (Lipinski definition) is 6. The zero-order valence-corrected chi connectivity index (χ0v) is 10.4. The lowest BCUT2D eigenvalue weighted by atomic mass is 10.3. The molecular weight excluding hydrogens is 234 g/mol. The summed E-state index contributed by atoms with van der Waals surface area (Å²) in [6.07, 6.45) is 5.07. The Morgan fingerprint density at radius 3 is 3.06 bits per heavy atom. The van der Waals surface area contributed by atoms with Crippen molar-refractivity contribution < 1.29 is 9.63 Å². The van der Waals surface area contributed by atoms with Crippen molar-refractivity contribution in [1.29, 1.82) is 0 Å². The van der Waals surface area contributed by atoms with Crippen molar-refractivity contribution >= 4 is 0 Å². The van der Waals surface area contributed by atoms with E-state index in [9.17, 15) is 0 Å². The number of aliphatic hydroxyl groups excluding tert-OH is 1. The molecule has 0 unspecified atom stereocenters. The predicted molar refractivity (Wildman–Crippen MR) is 62.8 cm³/mol. The molecule has 0 bridgehead atoms. The van der Waals surface area contributed by atoms with Gasteiger partial charge in [0.05, 0.1) is 5.69 Å². The number of aliphatic hydroxyl groups is 1. The first-order chi connectivity index (χ1) is 8.81. The van der Waals surface area contributed by atoms with E-state index in [2.05, 4.69) is 27.4 Å². The quantitative estimate of drug-likeness (QED) is 0.774. The standard InChI is InChI=1S/C11H17N5O2/c1-2-4-10-12-11(18-14-10)8-16-7-9(13-15-16)5-3-6-17/h7,17H,2-6,8H2,1H3. The van der Waals surface area contributed by atoms with Gasteiger partial charge in [0.15, 0.2) is 5.82 Å². The summed E-state index contributed by atoms with van der Waals surface area (Å²) < 4.78 is 6.78. The Labute approximate surface area is 105 Å². The molecule has 0 aliphatic rings. The van der Waals surface area contributed by atoms with Crippen LogP contribution in [-0.4, -0.2) is 36.8 Å². The average molecular weight is 251 g/mol. The Morgan fingerprint density at radius 2 is 2.28 bits per heavy atom. The minimum absolute atomic E-state index is 0.164. The Kier molecular flexibility index (Phi) is 4.40. The molecule has 7 heteroatoms. The van der Waals surface area contributed by atoms with Crippen LogP contribution < -0.4 is 0 Å². The van der Waals surface area contributed by atoms with Gasteiger partial charge in [-0.3, -0.25) is 0 Å². The molecule has 2 aromatic heterocycles. The maximum Gasteiger partial charge on any atom is 0.248 e. The number of hydrogen-bond donors (Lipinski definition) is 1. The minimum atomic E-state index is 0.164. The Bertz CT molecular complexity index is 479. The van der Waals surface area contributed by atoms with Crippen molar-refractivity contribution in [2.45, 2.75) is 39.2 Å². The Hall–Kier alpha value is -1.76. The van der Waals surface area contributed by atoms with E-state index in [-0.39, 0.29) is 6.61 Å². The molecular formula is C11H17N5O2. The van der Waals surface area contributed by atoms with E-state index >= 15 is 0 Å². The maximum atomic E-state index is 8.73. The fraction of sp³-hybridized carbons (Fsp3) is 0.636. The van der Waals surface area contributed by atoms with E-state index in [1.54, 1.807) is 4.68 Å². The number of nitrogens with zero attached hydrogens (tertiary/aromatic N) is 5. The van der Waals surface area contributed by atoms with Crippen molar-refractivity contribution in [2.24, 2.45) is 0 Å². The van der Waals surface area contributed by atoms with Gasteiger partial charge in [-0.2, -0.15) is 4.98 Å². The summed E-state index contributed by atoms with van der Waals surface area (Å²) in [4.78, 5) is 4.26. The van der Waals surface area contributed by atoms with Crippen molar-refractivity contribution in [2.75, 3.05) is 6.61 Å². The van der Waals surface area contributed by atoms with Gasteiger partial charge in [-0.05, 0) is 19.3 Å². The summed E-state index contributed by atoms with van der Waals surface area (Å²) >= 11 is 0. The Balaban J connectivity index is 1.93. The Morgan fingerprint density at radius 1 is 1.39 bits per heavy atom. The second-order valence-corrected chi connectivity index (χ2v) is 4.09. The summed E-state index contributed by atoms with van der Waals surface area (Å²) in [6.45, 7) is 2.67. The van der Waals surface area contributed by atoms with Gasteiger partial charge < -0.3 is 9.63 Å². The second-order valence-electron chi connectivity index (χ2n) is 4.09. The first-order valence-electron chi connectivity index (χ1n) is 6.13. The maximum absolute atomic E-state index is 8.73. The van der Waals surface area contributed by atoms with Crippen LogP contribution in [0.4, 0.5) is 0 Å². The number of rotatable bonds is 7. The smallest absolute Gasteiger partial charge is 0.248 e. The topological polar surface area (TPSA) is 89.9 Å². The fourth-order valence-corrected chi connectivity index (χ4v) is 1.61. The largest absolute Gasteiger partial charge is 0.396 e. The third-order valence-corrected chi connectivity index (χ3v) is 2.46. The van der Waals surface area contributed by atoms with Crippen LogP contribution in [0.3, 0.4) is 0 Å². The highest BCUT2D eigenvalue weighted by molar-refractivity contribution is 4.94. The number of aryl methyl sites for hydroxylation is 2. The molecule has 98 valence electrons. The minimum Gasteiger partial charge on any atom is -0.396 e. The van der Waals surface area contributed by atoms with E-state index < -0.39 is 0 Å². The molecule has 0 fully saturated rings. The van der Waals surface area contributed by atoms with E-state index in [1.807, 2.05) is 6.20 Å². The highest BCUT2D eigenvalue weighted by Gasteiger charge is 2.08. The lowest BCUT2D eigenvalue weighted by molar-refractivity contribution is 0.288. The molecule has 18 heavy (non-hydrogen) atoms. The van der Waals surface area contributed by atoms with Crippen LogP contribution in [0.15, 0.2) is 10.7 Å². The van der Waals surface area contributed by atoms with Gasteiger partial charge in [-0.1, -0.05) is 17.3 Å². The normalized spacial score (nSPS) is 11.0. The molecule has 0 aliphatic heterocycles. The summed E-state index contributed by atoms with van der Waals surface area (Å²) in [5, 5.41) is 20.6. The highest BCUT2D eigenvalue weighted by Crippen LogP contribution is 2.03. The molecule has 0 aromatic carbocycles. The molecule has 0 atom stereocenters. The van der Waals surface area contributed by atoms with Gasteiger partial charge in [0.2, 0.25) is 5.89 Å². The van der Waals surface area contributed by atoms with Crippen molar-refractivity contribution in [3.63, 3.8) is 0 Å². The average Bonchev–Trinajstić information content (AvgIpc) is 2.98. The summed E-state index contributed by atoms with van der Waals surface area (Å²) in [5.41, 5.74) is 0.859. The molecule has 2 aromatic rings. The van der Waals surface area contributed by atoms with Crippen LogP contribution in [0.2, 0.25) is 0 Å². The van der Waals surface area contributed by atoms with Crippen LogP contribution in [-0.2, 0) is 19.4 Å². The molecule has 0 aliphatic carbocycles. The third-order valence-electron chi connectivity index (χ3n) is 2.46. The molecule has 0 saturated carbocycles. The first-order valence-corrected chi connectivity index (χ1v) is 6.13. The van der Waals surface area contributed by atoms with Crippen LogP contribution in [0.1, 0.15) is 37.2 Å². The highest BCUT2D eigenvalue weighted by atomic mass is 16.5. The predicted octanol–water partition coefficient (Wildman–Crippen LogP) is 0.587. The lowest BCUT2D eigenvalue weighted by Gasteiger charge is -1.92. The fourth-order valence-electron chi connectivity index (χ4n) is 1.61. The van der Waals surface area contributed by atoms with Crippen LogP contribution >= 0.6 is 0 Å². The van der Waals surface area contributed by atoms with Gasteiger partial charge in [0, 0.05) is 19.2 Å². The molecule has 1 N–H and O–H groups in total. The van der Waals surface area contributed by atoms with E-state index in [0.29, 0.717) is 18.9 Å². The van der Waals surface area contributed by atoms with Crippen molar-refractivity contribution in [3.8, 4) is 0 Å². The van der Waals surface area contributed by atoms with Crippen molar-refractivity contribution in [3.05, 3.63) is 23.6 Å². The SMILES string of the molecule is CCCc1noc(Cn2cc(CCCO)nn2)n1. The zero-order valence-electron chi connectivity index (χ0n) is 10.4. The van der Waals surface area contributed by atoms with Crippen LogP contribution in [0.5, 0.6) is 0 Å². The van der Waals surface area contributed by atoms with Crippen LogP contribution in [0, 0.1) is 0 Å². The van der Waals surface area contributed by atoms with E-state index in [0.717, 1.165) is 30.8 Å². The van der Waals surface area contributed by atoms with E-state index in [1.165, 1.54) is 0 Å². The zero-order chi connectivity index (χ0) is 12.8.